The molecule has 0 unspecified atom stereocenters. The lowest BCUT2D eigenvalue weighted by atomic mass is 10.1. The average molecular weight is 317 g/mol. The molecule has 0 aliphatic heterocycles. The summed E-state index contributed by atoms with van der Waals surface area (Å²) >= 11 is 0. The molecule has 4 heteroatoms. The van der Waals surface area contributed by atoms with E-state index in [0.717, 1.165) is 23.0 Å². The van der Waals surface area contributed by atoms with E-state index in [1.165, 1.54) is 11.6 Å². The van der Waals surface area contributed by atoms with Crippen molar-refractivity contribution in [3.05, 3.63) is 78.6 Å². The van der Waals surface area contributed by atoms with E-state index in [1.807, 2.05) is 42.1 Å². The first-order valence-electron chi connectivity index (χ1n) is 7.76. The molecule has 3 rings (SSSR count). The van der Waals surface area contributed by atoms with E-state index < -0.39 is 0 Å². The van der Waals surface area contributed by atoms with Crippen molar-refractivity contribution in [2.24, 2.45) is 7.05 Å². The molecule has 120 valence electrons. The summed E-state index contributed by atoms with van der Waals surface area (Å²) < 4.78 is 1.98. The van der Waals surface area contributed by atoms with Crippen LogP contribution in [0.25, 0.3) is 17.1 Å². The lowest BCUT2D eigenvalue weighted by Gasteiger charge is -2.02. The Morgan fingerprint density at radius 1 is 1.33 bits per heavy atom. The average Bonchev–Trinajstić information content (AvgIpc) is 2.91. The molecule has 0 aliphatic carbocycles. The van der Waals surface area contributed by atoms with Gasteiger partial charge in [-0.3, -0.25) is 4.79 Å². The van der Waals surface area contributed by atoms with Crippen LogP contribution in [0.4, 0.5) is 5.69 Å². The van der Waals surface area contributed by atoms with Gasteiger partial charge in [0.05, 0.1) is 11.9 Å². The Morgan fingerprint density at radius 2 is 2.12 bits per heavy atom. The number of pyridine rings is 1. The molecule has 0 saturated carbocycles. The molecule has 0 bridgehead atoms. The Balaban J connectivity index is 1.88. The van der Waals surface area contributed by atoms with Gasteiger partial charge in [0.1, 0.15) is 5.65 Å². The smallest absolute Gasteiger partial charge is 0.247 e. The van der Waals surface area contributed by atoms with Crippen LogP contribution in [-0.4, -0.2) is 15.5 Å². The van der Waals surface area contributed by atoms with Crippen LogP contribution in [0.5, 0.6) is 0 Å². The Kier molecular flexibility index (Phi) is 4.57. The van der Waals surface area contributed by atoms with Crippen molar-refractivity contribution in [3.63, 3.8) is 0 Å². The number of hydrogen-bond acceptors (Lipinski definition) is 2. The summed E-state index contributed by atoms with van der Waals surface area (Å²) in [5.74, 6) is -0.242. The van der Waals surface area contributed by atoms with Gasteiger partial charge in [-0.1, -0.05) is 49.1 Å². The lowest BCUT2D eigenvalue weighted by molar-refractivity contribution is -0.111. The Hall–Kier alpha value is -3.14. The molecule has 0 fully saturated rings. The molecule has 1 aromatic carbocycles. The number of rotatable bonds is 5. The lowest BCUT2D eigenvalue weighted by Crippen LogP contribution is -2.07. The van der Waals surface area contributed by atoms with Crippen molar-refractivity contribution in [3.8, 4) is 0 Å². The summed E-state index contributed by atoms with van der Waals surface area (Å²) in [7, 11) is 1.96. The number of aromatic nitrogens is 2. The highest BCUT2D eigenvalue weighted by Gasteiger charge is 2.07. The summed E-state index contributed by atoms with van der Waals surface area (Å²) in [6.07, 6.45) is 10.0. The first-order chi connectivity index (χ1) is 11.7. The predicted octanol–water partition coefficient (Wildman–Crippen LogP) is 3.95. The number of allylic oxidation sites excluding steroid dienone is 1. The number of nitrogens with zero attached hydrogens (tertiary/aromatic N) is 2. The molecule has 3 aromatic rings. The van der Waals surface area contributed by atoms with Gasteiger partial charge in [0.25, 0.3) is 0 Å². The van der Waals surface area contributed by atoms with Gasteiger partial charge in [0.15, 0.2) is 0 Å². The van der Waals surface area contributed by atoms with Crippen molar-refractivity contribution in [1.29, 1.82) is 0 Å². The van der Waals surface area contributed by atoms with E-state index in [9.17, 15) is 4.79 Å². The van der Waals surface area contributed by atoms with Gasteiger partial charge in [-0.15, -0.1) is 0 Å². The highest BCUT2D eigenvalue weighted by Crippen LogP contribution is 2.23. The molecule has 0 atom stereocenters. The van der Waals surface area contributed by atoms with E-state index >= 15 is 0 Å². The highest BCUT2D eigenvalue weighted by atomic mass is 16.1. The van der Waals surface area contributed by atoms with Crippen molar-refractivity contribution < 1.29 is 4.79 Å². The fourth-order valence-corrected chi connectivity index (χ4v) is 2.62. The van der Waals surface area contributed by atoms with Crippen LogP contribution < -0.4 is 5.32 Å². The molecular formula is C20H19N3O. The van der Waals surface area contributed by atoms with E-state index in [4.69, 9.17) is 0 Å². The largest absolute Gasteiger partial charge is 0.335 e. The Morgan fingerprint density at radius 3 is 2.88 bits per heavy atom. The maximum Gasteiger partial charge on any atom is 0.247 e. The van der Waals surface area contributed by atoms with Gasteiger partial charge in [0.2, 0.25) is 5.91 Å². The van der Waals surface area contributed by atoms with Gasteiger partial charge >= 0.3 is 0 Å². The van der Waals surface area contributed by atoms with Crippen LogP contribution in [0, 0.1) is 0 Å². The number of carbonyl (C=O) groups excluding carboxylic acids is 1. The van der Waals surface area contributed by atoms with Crippen molar-refractivity contribution in [2.75, 3.05) is 5.32 Å². The first-order valence-corrected chi connectivity index (χ1v) is 7.76. The zero-order valence-corrected chi connectivity index (χ0v) is 13.6. The first kappa shape index (κ1) is 15.7. The SMILES string of the molecule is C=CC(=O)Nc1cnc2c(c1)c(/C=C/Cc1ccccc1)cn2C. The maximum atomic E-state index is 11.5. The fourth-order valence-electron chi connectivity index (χ4n) is 2.62. The van der Waals surface area contributed by atoms with Crippen LogP contribution >= 0.6 is 0 Å². The molecule has 4 nitrogen and oxygen atoms in total. The minimum Gasteiger partial charge on any atom is -0.335 e. The third kappa shape index (κ3) is 3.43. The molecule has 2 aromatic heterocycles. The second-order valence-corrected chi connectivity index (χ2v) is 5.58. The number of hydrogen-bond donors (Lipinski definition) is 1. The van der Waals surface area contributed by atoms with E-state index in [-0.39, 0.29) is 5.91 Å². The number of amides is 1. The normalized spacial score (nSPS) is 11.0. The van der Waals surface area contributed by atoms with E-state index in [0.29, 0.717) is 5.69 Å². The predicted molar refractivity (Wildman–Crippen MR) is 98.7 cm³/mol. The van der Waals surface area contributed by atoms with Crippen LogP contribution in [0.1, 0.15) is 11.1 Å². The second-order valence-electron chi connectivity index (χ2n) is 5.58. The molecular weight excluding hydrogens is 298 g/mol. The Bertz CT molecular complexity index is 907. The minimum atomic E-state index is -0.242. The van der Waals surface area contributed by atoms with E-state index in [2.05, 4.69) is 41.2 Å². The standard InChI is InChI=1S/C20H19N3O/c1-3-19(24)22-17-12-18-16(14-23(2)20(18)21-13-17)11-7-10-15-8-5-4-6-9-15/h3-9,11-14H,1,10H2,2H3,(H,22,24)/b11-7+. The third-order valence-corrected chi connectivity index (χ3v) is 3.79. The number of benzene rings is 1. The van der Waals surface area contributed by atoms with Gasteiger partial charge in [0, 0.05) is 24.2 Å². The van der Waals surface area contributed by atoms with Crippen LogP contribution in [-0.2, 0) is 18.3 Å². The molecule has 0 aliphatic rings. The summed E-state index contributed by atoms with van der Waals surface area (Å²) in [6, 6.07) is 12.3. The van der Waals surface area contributed by atoms with Crippen LogP contribution in [0.3, 0.4) is 0 Å². The van der Waals surface area contributed by atoms with Crippen molar-refractivity contribution in [2.45, 2.75) is 6.42 Å². The molecule has 0 spiro atoms. The van der Waals surface area contributed by atoms with Gasteiger partial charge < -0.3 is 9.88 Å². The highest BCUT2D eigenvalue weighted by molar-refractivity contribution is 6.00. The number of anilines is 1. The fraction of sp³-hybridized carbons (Fsp3) is 0.100. The third-order valence-electron chi connectivity index (χ3n) is 3.79. The minimum absolute atomic E-state index is 0.242. The molecule has 0 saturated heterocycles. The summed E-state index contributed by atoms with van der Waals surface area (Å²) in [4.78, 5) is 15.9. The summed E-state index contributed by atoms with van der Waals surface area (Å²) in [5.41, 5.74) is 3.89. The molecule has 24 heavy (non-hydrogen) atoms. The van der Waals surface area contributed by atoms with Crippen LogP contribution in [0.15, 0.2) is 67.5 Å². The number of fused-ring (bicyclic) bond motifs is 1. The van der Waals surface area contributed by atoms with Gasteiger partial charge in [-0.2, -0.15) is 0 Å². The Labute approximate surface area is 141 Å². The van der Waals surface area contributed by atoms with Crippen LogP contribution in [0.2, 0.25) is 0 Å². The summed E-state index contributed by atoms with van der Waals surface area (Å²) in [5, 5.41) is 3.75. The zero-order chi connectivity index (χ0) is 16.9. The van der Waals surface area contributed by atoms with Gasteiger partial charge in [-0.05, 0) is 24.1 Å². The molecule has 1 N–H and O–H groups in total. The monoisotopic (exact) mass is 317 g/mol. The second kappa shape index (κ2) is 6.96. The number of aryl methyl sites for hydroxylation is 1. The quantitative estimate of drug-likeness (QED) is 0.724. The van der Waals surface area contributed by atoms with Gasteiger partial charge in [-0.25, -0.2) is 4.98 Å². The summed E-state index contributed by atoms with van der Waals surface area (Å²) in [6.45, 7) is 3.46. The number of carbonyl (C=O) groups is 1. The zero-order valence-electron chi connectivity index (χ0n) is 13.6. The van der Waals surface area contributed by atoms with Crippen molar-refractivity contribution >= 4 is 28.7 Å². The topological polar surface area (TPSA) is 46.9 Å². The molecule has 1 amide bonds. The molecule has 2 heterocycles. The number of nitrogens with one attached hydrogen (secondary N) is 1. The van der Waals surface area contributed by atoms with E-state index in [1.54, 1.807) is 6.20 Å². The maximum absolute atomic E-state index is 11.5. The molecule has 0 radical (unpaired) electrons. The van der Waals surface area contributed by atoms with Crippen molar-refractivity contribution in [1.82, 2.24) is 9.55 Å².